The largest absolute Gasteiger partial charge is 0.488 e. The van der Waals surface area contributed by atoms with Crippen LogP contribution in [-0.4, -0.2) is 10.7 Å². The highest BCUT2D eigenvalue weighted by Gasteiger charge is 2.23. The van der Waals surface area contributed by atoms with E-state index in [1.54, 1.807) is 16.8 Å². The van der Waals surface area contributed by atoms with Gasteiger partial charge >= 0.3 is 0 Å². The fourth-order valence-corrected chi connectivity index (χ4v) is 2.82. The first kappa shape index (κ1) is 12.3. The van der Waals surface area contributed by atoms with Crippen LogP contribution in [0, 0.1) is 0 Å². The van der Waals surface area contributed by atoms with E-state index >= 15 is 0 Å². The summed E-state index contributed by atoms with van der Waals surface area (Å²) in [5, 5.41) is 0. The Morgan fingerprint density at radius 1 is 1.42 bits per heavy atom. The third-order valence-corrected chi connectivity index (χ3v) is 3.75. The number of nitrogens with zero attached hydrogens (tertiary/aromatic N) is 1. The van der Waals surface area contributed by atoms with Gasteiger partial charge in [-0.3, -0.25) is 4.79 Å². The molecule has 5 heteroatoms. The number of pyridine rings is 1. The predicted molar refractivity (Wildman–Crippen MR) is 77.4 cm³/mol. The summed E-state index contributed by atoms with van der Waals surface area (Å²) < 4.78 is 7.90. The van der Waals surface area contributed by atoms with Crippen molar-refractivity contribution in [3.8, 4) is 5.75 Å². The molecule has 1 aromatic heterocycles. The lowest BCUT2D eigenvalue weighted by Gasteiger charge is -2.13. The Hall–Kier alpha value is -1.75. The summed E-state index contributed by atoms with van der Waals surface area (Å²) in [5.74, 6) is 0.906. The number of hydrogen-bond acceptors (Lipinski definition) is 3. The number of nitrogen functional groups attached to an aromatic ring is 1. The summed E-state index contributed by atoms with van der Waals surface area (Å²) >= 11 is 3.22. The van der Waals surface area contributed by atoms with Crippen LogP contribution in [0.3, 0.4) is 0 Å². The molecule has 19 heavy (non-hydrogen) atoms. The molecule has 1 aliphatic rings. The van der Waals surface area contributed by atoms with Gasteiger partial charge in [0.1, 0.15) is 11.9 Å². The number of aromatic nitrogens is 1. The second-order valence-electron chi connectivity index (χ2n) is 4.63. The first-order chi connectivity index (χ1) is 9.13. The van der Waals surface area contributed by atoms with Gasteiger partial charge in [-0.25, -0.2) is 0 Å². The highest BCUT2D eigenvalue weighted by molar-refractivity contribution is 9.10. The van der Waals surface area contributed by atoms with Gasteiger partial charge in [0.05, 0.1) is 11.0 Å². The van der Waals surface area contributed by atoms with Crippen LogP contribution in [0.2, 0.25) is 0 Å². The number of fused-ring (bicyclic) bond motifs is 1. The number of ether oxygens (including phenoxy) is 1. The van der Waals surface area contributed by atoms with Crippen molar-refractivity contribution in [1.29, 1.82) is 0 Å². The van der Waals surface area contributed by atoms with E-state index in [0.29, 0.717) is 16.7 Å². The second kappa shape index (κ2) is 4.74. The summed E-state index contributed by atoms with van der Waals surface area (Å²) in [4.78, 5) is 12.0. The van der Waals surface area contributed by atoms with Crippen molar-refractivity contribution in [1.82, 2.24) is 4.57 Å². The quantitative estimate of drug-likeness (QED) is 0.922. The van der Waals surface area contributed by atoms with Gasteiger partial charge in [-0.1, -0.05) is 18.2 Å². The lowest BCUT2D eigenvalue weighted by atomic mass is 10.1. The molecule has 3 rings (SSSR count). The molecule has 2 aromatic rings. The molecule has 0 amide bonds. The van der Waals surface area contributed by atoms with Gasteiger partial charge in [-0.05, 0) is 33.6 Å². The number of halogens is 1. The molecule has 1 aromatic carbocycles. The average molecular weight is 321 g/mol. The molecule has 2 N–H and O–H groups in total. The first-order valence-corrected chi connectivity index (χ1v) is 6.83. The molecule has 0 aliphatic carbocycles. The van der Waals surface area contributed by atoms with E-state index in [9.17, 15) is 4.79 Å². The van der Waals surface area contributed by atoms with Gasteiger partial charge in [-0.2, -0.15) is 0 Å². The van der Waals surface area contributed by atoms with Crippen LogP contribution in [0.4, 0.5) is 5.69 Å². The fourth-order valence-electron chi connectivity index (χ4n) is 2.33. The molecular formula is C14H13BrN2O2. The summed E-state index contributed by atoms with van der Waals surface area (Å²) in [6.07, 6.45) is 2.44. The van der Waals surface area contributed by atoms with Crippen molar-refractivity contribution < 1.29 is 4.74 Å². The molecule has 1 unspecified atom stereocenters. The smallest absolute Gasteiger partial charge is 0.265 e. The highest BCUT2D eigenvalue weighted by atomic mass is 79.9. The maximum atomic E-state index is 12.0. The van der Waals surface area contributed by atoms with Gasteiger partial charge < -0.3 is 15.0 Å². The van der Waals surface area contributed by atoms with Crippen LogP contribution in [0.1, 0.15) is 5.56 Å². The van der Waals surface area contributed by atoms with Gasteiger partial charge in [0.15, 0.2) is 0 Å². The zero-order chi connectivity index (χ0) is 13.4. The molecule has 4 nitrogen and oxygen atoms in total. The van der Waals surface area contributed by atoms with E-state index in [1.165, 1.54) is 5.56 Å². The number of anilines is 1. The monoisotopic (exact) mass is 320 g/mol. The minimum Gasteiger partial charge on any atom is -0.488 e. The summed E-state index contributed by atoms with van der Waals surface area (Å²) in [6, 6.07) is 9.56. The second-order valence-corrected chi connectivity index (χ2v) is 5.48. The minimum atomic E-state index is -0.0891. The molecule has 0 saturated carbocycles. The van der Waals surface area contributed by atoms with E-state index in [-0.39, 0.29) is 11.7 Å². The Morgan fingerprint density at radius 3 is 3.00 bits per heavy atom. The lowest BCUT2D eigenvalue weighted by molar-refractivity contribution is 0.207. The molecule has 0 radical (unpaired) electrons. The Morgan fingerprint density at radius 2 is 2.21 bits per heavy atom. The predicted octanol–water partition coefficient (Wildman–Crippen LogP) is 2.20. The Bertz CT molecular complexity index is 656. The van der Waals surface area contributed by atoms with Gasteiger partial charge in [-0.15, -0.1) is 0 Å². The zero-order valence-electron chi connectivity index (χ0n) is 10.2. The number of nitrogens with two attached hydrogens (primary N) is 1. The fraction of sp³-hybridized carbons (Fsp3) is 0.214. The van der Waals surface area contributed by atoms with Crippen molar-refractivity contribution in [3.05, 3.63) is 56.9 Å². The van der Waals surface area contributed by atoms with Crippen molar-refractivity contribution in [3.63, 3.8) is 0 Å². The van der Waals surface area contributed by atoms with Crippen LogP contribution in [0.25, 0.3) is 0 Å². The third-order valence-electron chi connectivity index (χ3n) is 3.18. The van der Waals surface area contributed by atoms with Crippen molar-refractivity contribution in [2.24, 2.45) is 0 Å². The average Bonchev–Trinajstić information content (AvgIpc) is 2.77. The third kappa shape index (κ3) is 2.38. The van der Waals surface area contributed by atoms with Crippen molar-refractivity contribution in [2.45, 2.75) is 19.1 Å². The van der Waals surface area contributed by atoms with Crippen LogP contribution < -0.4 is 16.0 Å². The molecule has 2 heterocycles. The van der Waals surface area contributed by atoms with E-state index in [4.69, 9.17) is 10.5 Å². The zero-order valence-corrected chi connectivity index (χ0v) is 11.8. The van der Waals surface area contributed by atoms with Gasteiger partial charge in [0.2, 0.25) is 0 Å². The molecule has 0 spiro atoms. The van der Waals surface area contributed by atoms with Crippen LogP contribution in [0.15, 0.2) is 45.8 Å². The van der Waals surface area contributed by atoms with Gasteiger partial charge in [0, 0.05) is 18.3 Å². The van der Waals surface area contributed by atoms with Crippen molar-refractivity contribution in [2.75, 3.05) is 5.73 Å². The van der Waals surface area contributed by atoms with Crippen LogP contribution >= 0.6 is 15.9 Å². The number of benzene rings is 1. The van der Waals surface area contributed by atoms with E-state index in [0.717, 1.165) is 12.2 Å². The first-order valence-electron chi connectivity index (χ1n) is 6.03. The molecule has 0 saturated heterocycles. The summed E-state index contributed by atoms with van der Waals surface area (Å²) in [6.45, 7) is 0.497. The number of para-hydroxylation sites is 1. The molecule has 1 atom stereocenters. The van der Waals surface area contributed by atoms with E-state index in [1.807, 2.05) is 24.3 Å². The van der Waals surface area contributed by atoms with Crippen LogP contribution in [-0.2, 0) is 13.0 Å². The molecule has 0 fully saturated rings. The van der Waals surface area contributed by atoms with Gasteiger partial charge in [0.25, 0.3) is 5.56 Å². The standard InChI is InChI=1S/C14H13BrN2O2/c15-12-6-10(16)7-17(14(12)18)8-11-5-9-3-1-2-4-13(9)19-11/h1-4,6-7,11H,5,8,16H2. The minimum absolute atomic E-state index is 0.0243. The highest BCUT2D eigenvalue weighted by Crippen LogP contribution is 2.28. The van der Waals surface area contributed by atoms with E-state index < -0.39 is 0 Å². The van der Waals surface area contributed by atoms with Crippen molar-refractivity contribution >= 4 is 21.6 Å². The van der Waals surface area contributed by atoms with E-state index in [2.05, 4.69) is 15.9 Å². The summed E-state index contributed by atoms with van der Waals surface area (Å²) in [7, 11) is 0. The molecule has 1 aliphatic heterocycles. The maximum Gasteiger partial charge on any atom is 0.265 e. The molecule has 0 bridgehead atoms. The molecular weight excluding hydrogens is 308 g/mol. The summed E-state index contributed by atoms with van der Waals surface area (Å²) in [5.41, 5.74) is 7.41. The normalized spacial score (nSPS) is 17.0. The SMILES string of the molecule is Nc1cc(Br)c(=O)n(CC2Cc3ccccc3O2)c1. The maximum absolute atomic E-state index is 12.0. The number of rotatable bonds is 2. The Balaban J connectivity index is 1.83. The lowest BCUT2D eigenvalue weighted by Crippen LogP contribution is -2.29. The van der Waals surface area contributed by atoms with Crippen LogP contribution in [0.5, 0.6) is 5.75 Å². The molecule has 98 valence electrons. The Kier molecular flexibility index (Phi) is 3.06. The number of hydrogen-bond donors (Lipinski definition) is 1. The topological polar surface area (TPSA) is 57.2 Å². The Labute approximate surface area is 118 Å².